The Labute approximate surface area is 101 Å². The standard InChI is InChI=1S/C13H18N2O2/c14-7-5-10-6-8-15(9-10)13(17)11-3-1-2-4-12(11)16/h1-4,10,16H,5-9,14H2. The summed E-state index contributed by atoms with van der Waals surface area (Å²) in [5.74, 6) is 0.484. The van der Waals surface area contributed by atoms with Gasteiger partial charge >= 0.3 is 0 Å². The molecule has 0 bridgehead atoms. The van der Waals surface area contributed by atoms with Gasteiger partial charge in [0.05, 0.1) is 5.56 Å². The molecule has 1 aliphatic heterocycles. The van der Waals surface area contributed by atoms with E-state index in [-0.39, 0.29) is 11.7 Å². The molecule has 0 aliphatic carbocycles. The van der Waals surface area contributed by atoms with Crippen LogP contribution in [0, 0.1) is 5.92 Å². The fourth-order valence-electron chi connectivity index (χ4n) is 2.31. The lowest BCUT2D eigenvalue weighted by Gasteiger charge is -2.17. The molecule has 92 valence electrons. The van der Waals surface area contributed by atoms with Crippen molar-refractivity contribution in [3.63, 3.8) is 0 Å². The SMILES string of the molecule is NCCC1CCN(C(=O)c2ccccc2O)C1. The van der Waals surface area contributed by atoms with Gasteiger partial charge < -0.3 is 15.7 Å². The highest BCUT2D eigenvalue weighted by Gasteiger charge is 2.27. The normalized spacial score (nSPS) is 19.6. The van der Waals surface area contributed by atoms with Crippen LogP contribution in [0.15, 0.2) is 24.3 Å². The van der Waals surface area contributed by atoms with Crippen molar-refractivity contribution in [3.05, 3.63) is 29.8 Å². The average molecular weight is 234 g/mol. The fraction of sp³-hybridized carbons (Fsp3) is 0.462. The van der Waals surface area contributed by atoms with E-state index in [4.69, 9.17) is 5.73 Å². The van der Waals surface area contributed by atoms with E-state index in [1.165, 1.54) is 0 Å². The molecule has 0 spiro atoms. The topological polar surface area (TPSA) is 66.6 Å². The van der Waals surface area contributed by atoms with Crippen LogP contribution in [0.1, 0.15) is 23.2 Å². The summed E-state index contributed by atoms with van der Waals surface area (Å²) >= 11 is 0. The fourth-order valence-corrected chi connectivity index (χ4v) is 2.31. The van der Waals surface area contributed by atoms with E-state index in [2.05, 4.69) is 0 Å². The third-order valence-corrected chi connectivity index (χ3v) is 3.28. The molecule has 1 amide bonds. The van der Waals surface area contributed by atoms with Gasteiger partial charge in [-0.2, -0.15) is 0 Å². The molecule has 1 aromatic carbocycles. The van der Waals surface area contributed by atoms with Crippen molar-refractivity contribution < 1.29 is 9.90 Å². The summed E-state index contributed by atoms with van der Waals surface area (Å²) in [4.78, 5) is 14.0. The second-order valence-electron chi connectivity index (χ2n) is 4.50. The van der Waals surface area contributed by atoms with E-state index < -0.39 is 0 Å². The molecular formula is C13H18N2O2. The Morgan fingerprint density at radius 3 is 2.94 bits per heavy atom. The maximum absolute atomic E-state index is 12.2. The number of para-hydroxylation sites is 1. The molecule has 4 heteroatoms. The van der Waals surface area contributed by atoms with Gasteiger partial charge in [-0.25, -0.2) is 0 Å². The van der Waals surface area contributed by atoms with Crippen LogP contribution in [0.2, 0.25) is 0 Å². The predicted octanol–water partition coefficient (Wildman–Crippen LogP) is 1.20. The highest BCUT2D eigenvalue weighted by atomic mass is 16.3. The number of phenolic OH excluding ortho intramolecular Hbond substituents is 1. The van der Waals surface area contributed by atoms with Crippen LogP contribution in [-0.4, -0.2) is 35.5 Å². The van der Waals surface area contributed by atoms with E-state index in [0.29, 0.717) is 18.0 Å². The molecule has 1 aromatic rings. The van der Waals surface area contributed by atoms with Gasteiger partial charge in [-0.1, -0.05) is 12.1 Å². The minimum absolute atomic E-state index is 0.0553. The van der Waals surface area contributed by atoms with Crippen molar-refractivity contribution in [2.75, 3.05) is 19.6 Å². The van der Waals surface area contributed by atoms with E-state index >= 15 is 0 Å². The number of rotatable bonds is 3. The Morgan fingerprint density at radius 2 is 2.24 bits per heavy atom. The van der Waals surface area contributed by atoms with Gasteiger partial charge in [-0.05, 0) is 37.4 Å². The molecule has 0 saturated carbocycles. The van der Waals surface area contributed by atoms with Gasteiger partial charge in [0, 0.05) is 13.1 Å². The monoisotopic (exact) mass is 234 g/mol. The van der Waals surface area contributed by atoms with Gasteiger partial charge in [0.15, 0.2) is 0 Å². The van der Waals surface area contributed by atoms with E-state index in [0.717, 1.165) is 25.9 Å². The Morgan fingerprint density at radius 1 is 1.47 bits per heavy atom. The van der Waals surface area contributed by atoms with Crippen molar-refractivity contribution >= 4 is 5.91 Å². The molecule has 3 N–H and O–H groups in total. The summed E-state index contributed by atoms with van der Waals surface area (Å²) in [6.07, 6.45) is 1.97. The third kappa shape index (κ3) is 2.58. The predicted molar refractivity (Wildman–Crippen MR) is 65.8 cm³/mol. The number of likely N-dealkylation sites (tertiary alicyclic amines) is 1. The van der Waals surface area contributed by atoms with Crippen molar-refractivity contribution in [1.82, 2.24) is 4.90 Å². The zero-order valence-electron chi connectivity index (χ0n) is 9.80. The van der Waals surface area contributed by atoms with Crippen LogP contribution in [0.5, 0.6) is 5.75 Å². The summed E-state index contributed by atoms with van der Waals surface area (Å²) in [5.41, 5.74) is 5.91. The first kappa shape index (κ1) is 11.9. The summed E-state index contributed by atoms with van der Waals surface area (Å²) in [6, 6.07) is 6.68. The summed E-state index contributed by atoms with van der Waals surface area (Å²) in [7, 11) is 0. The quantitative estimate of drug-likeness (QED) is 0.826. The van der Waals surface area contributed by atoms with Gasteiger partial charge in [0.1, 0.15) is 5.75 Å². The van der Waals surface area contributed by atoms with E-state index in [1.807, 2.05) is 0 Å². The van der Waals surface area contributed by atoms with Crippen molar-refractivity contribution in [3.8, 4) is 5.75 Å². The molecule has 17 heavy (non-hydrogen) atoms. The number of phenols is 1. The number of hydrogen-bond acceptors (Lipinski definition) is 3. The number of aromatic hydroxyl groups is 1. The van der Waals surface area contributed by atoms with Gasteiger partial charge in [0.25, 0.3) is 5.91 Å². The van der Waals surface area contributed by atoms with Crippen LogP contribution >= 0.6 is 0 Å². The van der Waals surface area contributed by atoms with Gasteiger partial charge in [-0.3, -0.25) is 4.79 Å². The molecule has 1 unspecified atom stereocenters. The minimum Gasteiger partial charge on any atom is -0.507 e. The molecular weight excluding hydrogens is 216 g/mol. The number of carbonyl (C=O) groups is 1. The summed E-state index contributed by atoms with van der Waals surface area (Å²) in [6.45, 7) is 2.19. The molecule has 1 heterocycles. The largest absolute Gasteiger partial charge is 0.507 e. The third-order valence-electron chi connectivity index (χ3n) is 3.28. The van der Waals surface area contributed by atoms with Crippen LogP contribution in [0.3, 0.4) is 0 Å². The first-order chi connectivity index (χ1) is 8.22. The first-order valence-electron chi connectivity index (χ1n) is 5.99. The van der Waals surface area contributed by atoms with Gasteiger partial charge in [0.2, 0.25) is 0 Å². The summed E-state index contributed by atoms with van der Waals surface area (Å²) in [5, 5.41) is 9.64. The Kier molecular flexibility index (Phi) is 3.64. The Hall–Kier alpha value is -1.55. The van der Waals surface area contributed by atoms with Crippen molar-refractivity contribution in [2.45, 2.75) is 12.8 Å². The number of amides is 1. The maximum Gasteiger partial charge on any atom is 0.257 e. The zero-order chi connectivity index (χ0) is 12.3. The molecule has 0 radical (unpaired) electrons. The number of benzene rings is 1. The van der Waals surface area contributed by atoms with Crippen LogP contribution < -0.4 is 5.73 Å². The highest BCUT2D eigenvalue weighted by Crippen LogP contribution is 2.24. The molecule has 0 aromatic heterocycles. The molecule has 1 aliphatic rings. The molecule has 1 saturated heterocycles. The number of nitrogens with zero attached hydrogens (tertiary/aromatic N) is 1. The molecule has 2 rings (SSSR count). The van der Waals surface area contributed by atoms with E-state index in [9.17, 15) is 9.90 Å². The number of nitrogens with two attached hydrogens (primary N) is 1. The lowest BCUT2D eigenvalue weighted by Crippen LogP contribution is -2.29. The average Bonchev–Trinajstić information content (AvgIpc) is 2.78. The highest BCUT2D eigenvalue weighted by molar-refractivity contribution is 5.96. The van der Waals surface area contributed by atoms with Gasteiger partial charge in [-0.15, -0.1) is 0 Å². The smallest absolute Gasteiger partial charge is 0.257 e. The van der Waals surface area contributed by atoms with Crippen molar-refractivity contribution in [1.29, 1.82) is 0 Å². The van der Waals surface area contributed by atoms with Crippen molar-refractivity contribution in [2.24, 2.45) is 11.7 Å². The Bertz CT molecular complexity index is 406. The van der Waals surface area contributed by atoms with Crippen LogP contribution in [0.4, 0.5) is 0 Å². The van der Waals surface area contributed by atoms with Crippen LogP contribution in [0.25, 0.3) is 0 Å². The molecule has 1 fully saturated rings. The lowest BCUT2D eigenvalue weighted by molar-refractivity contribution is 0.0783. The minimum atomic E-state index is -0.0809. The second-order valence-corrected chi connectivity index (χ2v) is 4.50. The van der Waals surface area contributed by atoms with E-state index in [1.54, 1.807) is 29.2 Å². The lowest BCUT2D eigenvalue weighted by atomic mass is 10.1. The number of hydrogen-bond donors (Lipinski definition) is 2. The maximum atomic E-state index is 12.2. The molecule has 1 atom stereocenters. The summed E-state index contributed by atoms with van der Waals surface area (Å²) < 4.78 is 0. The number of carbonyl (C=O) groups excluding carboxylic acids is 1. The molecule has 4 nitrogen and oxygen atoms in total. The van der Waals surface area contributed by atoms with Crippen LogP contribution in [-0.2, 0) is 0 Å². The Balaban J connectivity index is 2.05. The second kappa shape index (κ2) is 5.19. The zero-order valence-corrected chi connectivity index (χ0v) is 9.80. The first-order valence-corrected chi connectivity index (χ1v) is 5.99.